The number of carbonyl (C=O) groups excluding carboxylic acids is 2. The monoisotopic (exact) mass is 265 g/mol. The lowest BCUT2D eigenvalue weighted by atomic mass is 10.2. The quantitative estimate of drug-likeness (QED) is 0.844. The number of hydrogen-bond donors (Lipinski definition) is 1. The van der Waals surface area contributed by atoms with Crippen molar-refractivity contribution in [3.05, 3.63) is 24.0 Å². The van der Waals surface area contributed by atoms with Gasteiger partial charge in [-0.15, -0.1) is 0 Å². The zero-order chi connectivity index (χ0) is 14.0. The van der Waals surface area contributed by atoms with E-state index in [2.05, 4.69) is 4.98 Å². The summed E-state index contributed by atoms with van der Waals surface area (Å²) < 4.78 is 5.30. The fourth-order valence-corrected chi connectivity index (χ4v) is 1.93. The lowest BCUT2D eigenvalue weighted by molar-refractivity contribution is -0.0195. The molecule has 0 unspecified atom stereocenters. The molecule has 1 aliphatic rings. The van der Waals surface area contributed by atoms with Gasteiger partial charge in [-0.3, -0.25) is 4.79 Å². The first-order valence-corrected chi connectivity index (χ1v) is 6.34. The number of H-pyrrole nitrogens is 1. The van der Waals surface area contributed by atoms with Crippen LogP contribution in [-0.4, -0.2) is 45.7 Å². The topological polar surface area (TPSA) is 65.6 Å². The molecular weight excluding hydrogens is 246 g/mol. The zero-order valence-electron chi connectivity index (χ0n) is 11.5. The number of ether oxygens (including phenoxy) is 1. The van der Waals surface area contributed by atoms with Crippen LogP contribution in [0.1, 0.15) is 37.7 Å². The predicted molar refractivity (Wildman–Crippen MR) is 69.4 cm³/mol. The van der Waals surface area contributed by atoms with E-state index in [1.807, 2.05) is 0 Å². The molecule has 0 aliphatic carbocycles. The normalized spacial score (nSPS) is 15.7. The molecule has 0 saturated carbocycles. The molecule has 1 aromatic rings. The Bertz CT molecular complexity index is 462. The van der Waals surface area contributed by atoms with Crippen LogP contribution in [0.2, 0.25) is 0 Å². The summed E-state index contributed by atoms with van der Waals surface area (Å²) in [6, 6.07) is 3.44. The third kappa shape index (κ3) is 3.07. The van der Waals surface area contributed by atoms with E-state index >= 15 is 0 Å². The van der Waals surface area contributed by atoms with Gasteiger partial charge in [0.05, 0.1) is 0 Å². The van der Waals surface area contributed by atoms with Crippen molar-refractivity contribution in [3.63, 3.8) is 0 Å². The number of aromatic nitrogens is 1. The first-order chi connectivity index (χ1) is 8.88. The fourth-order valence-electron chi connectivity index (χ4n) is 1.93. The summed E-state index contributed by atoms with van der Waals surface area (Å²) in [7, 11) is 0. The van der Waals surface area contributed by atoms with Crippen LogP contribution in [0, 0.1) is 0 Å². The number of carbonyl (C=O) groups is 2. The average molecular weight is 265 g/mol. The highest BCUT2D eigenvalue weighted by Crippen LogP contribution is 2.18. The first kappa shape index (κ1) is 13.5. The maximum atomic E-state index is 12.2. The molecule has 1 aromatic heterocycles. The van der Waals surface area contributed by atoms with Gasteiger partial charge in [-0.25, -0.2) is 14.8 Å². The van der Waals surface area contributed by atoms with E-state index in [9.17, 15) is 9.59 Å². The highest BCUT2D eigenvalue weighted by atomic mass is 16.6. The molecule has 2 heterocycles. The Kier molecular flexibility index (Phi) is 3.50. The van der Waals surface area contributed by atoms with Gasteiger partial charge in [0.2, 0.25) is 0 Å². The second-order valence-corrected chi connectivity index (χ2v) is 5.47. The van der Waals surface area contributed by atoms with Crippen LogP contribution in [0.4, 0.5) is 4.79 Å². The SMILES string of the molecule is CC(C)(C)OC(=O)N1CCCN1C(=O)c1ccc[nH]1. The van der Waals surface area contributed by atoms with Gasteiger partial charge in [-0.2, -0.15) is 0 Å². The molecule has 6 nitrogen and oxygen atoms in total. The molecule has 0 spiro atoms. The number of rotatable bonds is 1. The Balaban J connectivity index is 2.09. The van der Waals surface area contributed by atoms with Gasteiger partial charge in [-0.05, 0) is 39.3 Å². The van der Waals surface area contributed by atoms with E-state index in [0.717, 1.165) is 6.42 Å². The third-order valence-corrected chi connectivity index (χ3v) is 2.70. The van der Waals surface area contributed by atoms with Gasteiger partial charge in [0, 0.05) is 19.3 Å². The Morgan fingerprint density at radius 2 is 1.95 bits per heavy atom. The number of hydrazine groups is 1. The second kappa shape index (κ2) is 4.95. The van der Waals surface area contributed by atoms with E-state index < -0.39 is 11.7 Å². The van der Waals surface area contributed by atoms with E-state index in [0.29, 0.717) is 18.8 Å². The summed E-state index contributed by atoms with van der Waals surface area (Å²) in [4.78, 5) is 27.1. The molecule has 2 amide bonds. The molecule has 1 N–H and O–H groups in total. The number of hydrogen-bond acceptors (Lipinski definition) is 3. The zero-order valence-corrected chi connectivity index (χ0v) is 11.5. The Morgan fingerprint density at radius 3 is 2.53 bits per heavy atom. The minimum absolute atomic E-state index is 0.214. The highest BCUT2D eigenvalue weighted by molar-refractivity contribution is 5.93. The molecular formula is C13H19N3O3. The maximum absolute atomic E-state index is 12.2. The molecule has 0 radical (unpaired) electrons. The minimum Gasteiger partial charge on any atom is -0.442 e. The summed E-state index contributed by atoms with van der Waals surface area (Å²) in [6.45, 7) is 6.44. The Labute approximate surface area is 112 Å². The van der Waals surface area contributed by atoms with Crippen molar-refractivity contribution in [2.75, 3.05) is 13.1 Å². The lowest BCUT2D eigenvalue weighted by Gasteiger charge is -2.30. The van der Waals surface area contributed by atoms with Gasteiger partial charge in [-0.1, -0.05) is 0 Å². The molecule has 0 atom stereocenters. The summed E-state index contributed by atoms with van der Waals surface area (Å²) in [5.41, 5.74) is -0.101. The van der Waals surface area contributed by atoms with Gasteiger partial charge >= 0.3 is 6.09 Å². The standard InChI is InChI=1S/C13H19N3O3/c1-13(2,3)19-12(18)16-9-5-8-15(16)11(17)10-6-4-7-14-10/h4,6-7,14H,5,8-9H2,1-3H3. The van der Waals surface area contributed by atoms with Gasteiger partial charge in [0.25, 0.3) is 5.91 Å². The van der Waals surface area contributed by atoms with Crippen molar-refractivity contribution in [1.82, 2.24) is 15.0 Å². The third-order valence-electron chi connectivity index (χ3n) is 2.70. The molecule has 2 rings (SSSR count). The molecule has 6 heteroatoms. The van der Waals surface area contributed by atoms with Crippen LogP contribution < -0.4 is 0 Å². The summed E-state index contributed by atoms with van der Waals surface area (Å²) in [5, 5.41) is 2.80. The lowest BCUT2D eigenvalue weighted by Crippen LogP contribution is -2.47. The van der Waals surface area contributed by atoms with Gasteiger partial charge in [0.15, 0.2) is 0 Å². The molecule has 0 aromatic carbocycles. The maximum Gasteiger partial charge on any atom is 0.429 e. The van der Waals surface area contributed by atoms with Crippen molar-refractivity contribution in [3.8, 4) is 0 Å². The van der Waals surface area contributed by atoms with Crippen LogP contribution in [0.15, 0.2) is 18.3 Å². The summed E-state index contributed by atoms with van der Waals surface area (Å²) >= 11 is 0. The largest absolute Gasteiger partial charge is 0.442 e. The smallest absolute Gasteiger partial charge is 0.429 e. The van der Waals surface area contributed by atoms with E-state index in [-0.39, 0.29) is 5.91 Å². The summed E-state index contributed by atoms with van der Waals surface area (Å²) in [5.74, 6) is -0.214. The van der Waals surface area contributed by atoms with Crippen molar-refractivity contribution in [2.24, 2.45) is 0 Å². The Morgan fingerprint density at radius 1 is 1.26 bits per heavy atom. The van der Waals surface area contributed by atoms with Gasteiger partial charge < -0.3 is 9.72 Å². The number of aromatic amines is 1. The van der Waals surface area contributed by atoms with Crippen molar-refractivity contribution in [1.29, 1.82) is 0 Å². The van der Waals surface area contributed by atoms with Crippen molar-refractivity contribution in [2.45, 2.75) is 32.8 Å². The molecule has 1 saturated heterocycles. The van der Waals surface area contributed by atoms with Crippen LogP contribution >= 0.6 is 0 Å². The second-order valence-electron chi connectivity index (χ2n) is 5.47. The van der Waals surface area contributed by atoms with E-state index in [1.165, 1.54) is 10.0 Å². The average Bonchev–Trinajstić information content (AvgIpc) is 2.97. The predicted octanol–water partition coefficient (Wildman–Crippen LogP) is 2.01. The number of nitrogens with one attached hydrogen (secondary N) is 1. The van der Waals surface area contributed by atoms with Crippen molar-refractivity contribution >= 4 is 12.0 Å². The number of nitrogens with zero attached hydrogens (tertiary/aromatic N) is 2. The molecule has 1 fully saturated rings. The highest BCUT2D eigenvalue weighted by Gasteiger charge is 2.34. The first-order valence-electron chi connectivity index (χ1n) is 6.34. The van der Waals surface area contributed by atoms with Crippen LogP contribution in [0.5, 0.6) is 0 Å². The van der Waals surface area contributed by atoms with Crippen molar-refractivity contribution < 1.29 is 14.3 Å². The summed E-state index contributed by atoms with van der Waals surface area (Å²) in [6.07, 6.45) is 1.96. The van der Waals surface area contributed by atoms with Crippen LogP contribution in [0.25, 0.3) is 0 Å². The molecule has 0 bridgehead atoms. The van der Waals surface area contributed by atoms with E-state index in [1.54, 1.807) is 39.1 Å². The minimum atomic E-state index is -0.569. The number of amides is 2. The Hall–Kier alpha value is -1.98. The van der Waals surface area contributed by atoms with Crippen LogP contribution in [-0.2, 0) is 4.74 Å². The molecule has 19 heavy (non-hydrogen) atoms. The molecule has 1 aliphatic heterocycles. The van der Waals surface area contributed by atoms with Gasteiger partial charge in [0.1, 0.15) is 11.3 Å². The fraction of sp³-hybridized carbons (Fsp3) is 0.538. The van der Waals surface area contributed by atoms with Crippen LogP contribution in [0.3, 0.4) is 0 Å². The molecule has 104 valence electrons. The van der Waals surface area contributed by atoms with E-state index in [4.69, 9.17) is 4.74 Å².